The molecule has 0 amide bonds. The van der Waals surface area contributed by atoms with E-state index in [1.54, 1.807) is 0 Å². The first kappa shape index (κ1) is 11.8. The fourth-order valence-electron chi connectivity index (χ4n) is 1.84. The van der Waals surface area contributed by atoms with Crippen LogP contribution in [0.1, 0.15) is 40.0 Å². The average Bonchev–Trinajstić information content (AvgIpc) is 2.51. The van der Waals surface area contributed by atoms with E-state index >= 15 is 0 Å². The molecular formula is C13H18O2. The van der Waals surface area contributed by atoms with Crippen molar-refractivity contribution >= 4 is 5.97 Å². The number of carbonyl (C=O) groups is 1. The van der Waals surface area contributed by atoms with Gasteiger partial charge in [0.25, 0.3) is 0 Å². The summed E-state index contributed by atoms with van der Waals surface area (Å²) in [7, 11) is 0. The number of unbranched alkanes of at least 4 members (excludes halogenated alkanes) is 1. The third-order valence-corrected chi connectivity index (χ3v) is 2.77. The molecule has 1 rings (SSSR count). The summed E-state index contributed by atoms with van der Waals surface area (Å²) in [5, 5.41) is 0. The minimum atomic E-state index is -0.194. The van der Waals surface area contributed by atoms with Crippen LogP contribution in [0.15, 0.2) is 29.0 Å². The zero-order valence-corrected chi connectivity index (χ0v) is 9.72. The highest BCUT2D eigenvalue weighted by Crippen LogP contribution is 2.30. The molecule has 1 heterocycles. The second-order valence-corrected chi connectivity index (χ2v) is 3.88. The number of carbonyl (C=O) groups excluding carboxylic acids is 1. The average molecular weight is 206 g/mol. The monoisotopic (exact) mass is 206 g/mol. The molecule has 0 aromatic carbocycles. The summed E-state index contributed by atoms with van der Waals surface area (Å²) in [5.41, 5.74) is 5.47. The quantitative estimate of drug-likeness (QED) is 0.521. The molecule has 1 aliphatic heterocycles. The third kappa shape index (κ3) is 2.40. The molecule has 0 N–H and O–H groups in total. The number of rotatable bonds is 4. The summed E-state index contributed by atoms with van der Waals surface area (Å²) in [4.78, 5) is 11.4. The molecule has 0 aliphatic carbocycles. The molecule has 15 heavy (non-hydrogen) atoms. The second kappa shape index (κ2) is 4.99. The summed E-state index contributed by atoms with van der Waals surface area (Å²) in [6, 6.07) is 0. The maximum absolute atomic E-state index is 11.4. The van der Waals surface area contributed by atoms with Crippen LogP contribution in [0.25, 0.3) is 0 Å². The summed E-state index contributed by atoms with van der Waals surface area (Å²) in [6.07, 6.45) is 3.00. The minimum absolute atomic E-state index is 0.0771. The van der Waals surface area contributed by atoms with Crippen LogP contribution in [0.3, 0.4) is 0 Å². The number of hydrogen-bond donors (Lipinski definition) is 0. The number of ether oxygens (including phenoxy) is 1. The van der Waals surface area contributed by atoms with Gasteiger partial charge in [-0.3, -0.25) is 0 Å². The van der Waals surface area contributed by atoms with Gasteiger partial charge in [0.15, 0.2) is 0 Å². The van der Waals surface area contributed by atoms with E-state index in [1.807, 2.05) is 13.8 Å². The van der Waals surface area contributed by atoms with Crippen LogP contribution < -0.4 is 0 Å². The highest BCUT2D eigenvalue weighted by molar-refractivity contribution is 5.92. The zero-order chi connectivity index (χ0) is 11.4. The van der Waals surface area contributed by atoms with Gasteiger partial charge in [0, 0.05) is 11.1 Å². The van der Waals surface area contributed by atoms with Gasteiger partial charge in [-0.25, -0.2) is 4.79 Å². The van der Waals surface area contributed by atoms with Gasteiger partial charge in [0.2, 0.25) is 0 Å². The summed E-state index contributed by atoms with van der Waals surface area (Å²) in [5.74, 6) is -0.194. The lowest BCUT2D eigenvalue weighted by Gasteiger charge is -2.13. The van der Waals surface area contributed by atoms with Crippen molar-refractivity contribution in [2.45, 2.75) is 46.1 Å². The first-order valence-corrected chi connectivity index (χ1v) is 5.40. The van der Waals surface area contributed by atoms with Gasteiger partial charge in [0.1, 0.15) is 6.10 Å². The molecule has 0 spiro atoms. The van der Waals surface area contributed by atoms with Crippen LogP contribution >= 0.6 is 0 Å². The van der Waals surface area contributed by atoms with Crippen molar-refractivity contribution in [2.24, 2.45) is 0 Å². The maximum atomic E-state index is 11.4. The van der Waals surface area contributed by atoms with Crippen molar-refractivity contribution < 1.29 is 9.53 Å². The molecule has 0 bridgehead atoms. The molecule has 82 valence electrons. The van der Waals surface area contributed by atoms with E-state index < -0.39 is 0 Å². The molecule has 1 atom stereocenters. The van der Waals surface area contributed by atoms with Crippen molar-refractivity contribution in [1.82, 2.24) is 0 Å². The van der Waals surface area contributed by atoms with Crippen LogP contribution in [0, 0.1) is 0 Å². The Hall–Kier alpha value is -1.27. The minimum Gasteiger partial charge on any atom is -0.454 e. The Labute approximate surface area is 91.3 Å². The van der Waals surface area contributed by atoms with Crippen molar-refractivity contribution in [3.63, 3.8) is 0 Å². The molecule has 2 heteroatoms. The standard InChI is InChI=1S/C13H18O2/c1-5-7-8-11-12(9(3)6-2)10(4)13(14)15-11/h11H,2,5,7-8H2,1,3-4H3. The highest BCUT2D eigenvalue weighted by Gasteiger charge is 2.31. The Morgan fingerprint density at radius 1 is 1.60 bits per heavy atom. The summed E-state index contributed by atoms with van der Waals surface area (Å²) in [6.45, 7) is 9.48. The molecule has 0 radical (unpaired) electrons. The maximum Gasteiger partial charge on any atom is 0.334 e. The second-order valence-electron chi connectivity index (χ2n) is 3.88. The van der Waals surface area contributed by atoms with Crippen molar-refractivity contribution in [3.05, 3.63) is 29.0 Å². The Kier molecular flexibility index (Phi) is 3.93. The fraction of sp³-hybridized carbons (Fsp3) is 0.538. The van der Waals surface area contributed by atoms with Crippen LogP contribution in [-0.2, 0) is 9.53 Å². The molecule has 1 unspecified atom stereocenters. The van der Waals surface area contributed by atoms with Gasteiger partial charge in [-0.15, -0.1) is 5.73 Å². The lowest BCUT2D eigenvalue weighted by Crippen LogP contribution is -2.12. The van der Waals surface area contributed by atoms with E-state index in [0.29, 0.717) is 5.57 Å². The van der Waals surface area contributed by atoms with Gasteiger partial charge in [-0.05, 0) is 32.3 Å². The van der Waals surface area contributed by atoms with Crippen molar-refractivity contribution in [2.75, 3.05) is 0 Å². The molecule has 2 nitrogen and oxygen atoms in total. The molecule has 1 aliphatic rings. The molecule has 0 aromatic heterocycles. The lowest BCUT2D eigenvalue weighted by molar-refractivity contribution is -0.139. The van der Waals surface area contributed by atoms with Crippen molar-refractivity contribution in [3.8, 4) is 0 Å². The first-order valence-electron chi connectivity index (χ1n) is 5.40. The molecular weight excluding hydrogens is 188 g/mol. The normalized spacial score (nSPS) is 20.2. The van der Waals surface area contributed by atoms with Gasteiger partial charge < -0.3 is 4.74 Å². The van der Waals surface area contributed by atoms with Gasteiger partial charge >= 0.3 is 5.97 Å². The third-order valence-electron chi connectivity index (χ3n) is 2.77. The zero-order valence-electron chi connectivity index (χ0n) is 9.72. The number of cyclic esters (lactones) is 1. The molecule has 0 aromatic rings. The predicted molar refractivity (Wildman–Crippen MR) is 60.4 cm³/mol. The van der Waals surface area contributed by atoms with E-state index in [9.17, 15) is 4.79 Å². The largest absolute Gasteiger partial charge is 0.454 e. The van der Waals surface area contributed by atoms with Crippen LogP contribution in [-0.4, -0.2) is 12.1 Å². The van der Waals surface area contributed by atoms with E-state index in [0.717, 1.165) is 30.4 Å². The number of esters is 1. The Bertz CT molecular complexity index is 344. The SMILES string of the molecule is C=C=C(C)C1=C(C)C(=O)OC1CCCC. The predicted octanol–water partition coefficient (Wildman–Crippen LogP) is 3.15. The first-order chi connectivity index (χ1) is 7.11. The fourth-order valence-corrected chi connectivity index (χ4v) is 1.84. The van der Waals surface area contributed by atoms with E-state index in [-0.39, 0.29) is 12.1 Å². The van der Waals surface area contributed by atoms with Crippen LogP contribution in [0.4, 0.5) is 0 Å². The molecule has 0 saturated carbocycles. The summed E-state index contributed by atoms with van der Waals surface area (Å²) < 4.78 is 5.31. The van der Waals surface area contributed by atoms with Gasteiger partial charge in [0.05, 0.1) is 0 Å². The molecule has 0 saturated heterocycles. The van der Waals surface area contributed by atoms with E-state index in [4.69, 9.17) is 4.74 Å². The highest BCUT2D eigenvalue weighted by atomic mass is 16.5. The molecule has 0 fully saturated rings. The lowest BCUT2D eigenvalue weighted by atomic mass is 9.96. The van der Waals surface area contributed by atoms with Gasteiger partial charge in [-0.1, -0.05) is 19.9 Å². The van der Waals surface area contributed by atoms with E-state index in [2.05, 4.69) is 19.2 Å². The van der Waals surface area contributed by atoms with E-state index in [1.165, 1.54) is 0 Å². The Balaban J connectivity index is 2.93. The van der Waals surface area contributed by atoms with Gasteiger partial charge in [-0.2, -0.15) is 0 Å². The smallest absolute Gasteiger partial charge is 0.334 e. The topological polar surface area (TPSA) is 26.3 Å². The Morgan fingerprint density at radius 3 is 2.80 bits per heavy atom. The number of hydrogen-bond acceptors (Lipinski definition) is 2. The Morgan fingerprint density at radius 2 is 2.27 bits per heavy atom. The summed E-state index contributed by atoms with van der Waals surface area (Å²) >= 11 is 0. The van der Waals surface area contributed by atoms with Crippen LogP contribution in [0.2, 0.25) is 0 Å². The van der Waals surface area contributed by atoms with Crippen molar-refractivity contribution in [1.29, 1.82) is 0 Å². The van der Waals surface area contributed by atoms with Crippen LogP contribution in [0.5, 0.6) is 0 Å².